The van der Waals surface area contributed by atoms with Crippen LogP contribution in [0.3, 0.4) is 0 Å². The number of nitrogens with zero attached hydrogens (tertiary/aromatic N) is 2. The van der Waals surface area contributed by atoms with E-state index in [9.17, 15) is 14.0 Å². The number of hydrogen-bond acceptors (Lipinski definition) is 4. The van der Waals surface area contributed by atoms with Crippen molar-refractivity contribution >= 4 is 22.4 Å². The first-order valence-electron chi connectivity index (χ1n) is 10.4. The van der Waals surface area contributed by atoms with Crippen LogP contribution in [0, 0.1) is 5.82 Å². The molecular formula is C23H25FN4O2. The Morgan fingerprint density at radius 2 is 1.87 bits per heavy atom. The summed E-state index contributed by atoms with van der Waals surface area (Å²) in [7, 11) is 0. The van der Waals surface area contributed by atoms with Gasteiger partial charge in [0, 0.05) is 17.4 Å². The first-order valence-corrected chi connectivity index (χ1v) is 10.4. The number of aromatic nitrogens is 2. The zero-order valence-electron chi connectivity index (χ0n) is 16.8. The quantitative estimate of drug-likeness (QED) is 0.581. The normalized spacial score (nSPS) is 14.3. The third-order valence-electron chi connectivity index (χ3n) is 5.54. The first kappa shape index (κ1) is 20.2. The van der Waals surface area contributed by atoms with Crippen molar-refractivity contribution in [3.63, 3.8) is 0 Å². The SMILES string of the molecule is O=C(CCCCN1CCCC1)Nc1cc(-c2n[nH]c(=O)c3ccccc23)ccc1F. The molecule has 7 heteroatoms. The van der Waals surface area contributed by atoms with Gasteiger partial charge in [-0.25, -0.2) is 9.49 Å². The van der Waals surface area contributed by atoms with Crippen LogP contribution in [-0.2, 0) is 4.79 Å². The second kappa shape index (κ2) is 9.17. The number of aromatic amines is 1. The summed E-state index contributed by atoms with van der Waals surface area (Å²) in [6.45, 7) is 3.32. The van der Waals surface area contributed by atoms with Crippen LogP contribution in [0.15, 0.2) is 47.3 Å². The molecule has 4 rings (SSSR count). The lowest BCUT2D eigenvalue weighted by Gasteiger charge is -2.14. The lowest BCUT2D eigenvalue weighted by atomic mass is 10.0. The minimum Gasteiger partial charge on any atom is -0.324 e. The van der Waals surface area contributed by atoms with Gasteiger partial charge in [-0.1, -0.05) is 18.2 Å². The van der Waals surface area contributed by atoms with Crippen LogP contribution < -0.4 is 10.9 Å². The summed E-state index contributed by atoms with van der Waals surface area (Å²) in [4.78, 5) is 26.7. The van der Waals surface area contributed by atoms with Crippen LogP contribution in [0.5, 0.6) is 0 Å². The maximum absolute atomic E-state index is 14.3. The summed E-state index contributed by atoms with van der Waals surface area (Å²) in [5.74, 6) is -0.704. The number of halogens is 1. The molecule has 0 atom stereocenters. The molecule has 1 aliphatic heterocycles. The molecule has 3 aromatic rings. The van der Waals surface area contributed by atoms with Gasteiger partial charge in [-0.05, 0) is 69.6 Å². The summed E-state index contributed by atoms with van der Waals surface area (Å²) >= 11 is 0. The third kappa shape index (κ3) is 4.57. The maximum atomic E-state index is 14.3. The molecule has 1 aromatic heterocycles. The van der Waals surface area contributed by atoms with Crippen molar-refractivity contribution < 1.29 is 9.18 Å². The number of likely N-dealkylation sites (tertiary alicyclic amines) is 1. The average molecular weight is 408 g/mol. The molecule has 1 fully saturated rings. The number of fused-ring (bicyclic) bond motifs is 1. The number of nitrogens with one attached hydrogen (secondary N) is 2. The highest BCUT2D eigenvalue weighted by Gasteiger charge is 2.14. The van der Waals surface area contributed by atoms with E-state index in [-0.39, 0.29) is 17.2 Å². The topological polar surface area (TPSA) is 78.1 Å². The first-order chi connectivity index (χ1) is 14.6. The van der Waals surface area contributed by atoms with Gasteiger partial charge in [-0.3, -0.25) is 9.59 Å². The minimum absolute atomic E-state index is 0.120. The molecule has 0 unspecified atom stereocenters. The Hall–Kier alpha value is -3.06. The number of rotatable bonds is 7. The molecule has 2 aromatic carbocycles. The van der Waals surface area contributed by atoms with Crippen LogP contribution in [0.1, 0.15) is 32.1 Å². The fourth-order valence-corrected chi connectivity index (χ4v) is 3.94. The smallest absolute Gasteiger partial charge is 0.272 e. The largest absolute Gasteiger partial charge is 0.324 e. The molecule has 156 valence electrons. The molecule has 0 aliphatic carbocycles. The second-order valence-electron chi connectivity index (χ2n) is 7.70. The molecule has 1 aliphatic rings. The number of H-pyrrole nitrogens is 1. The van der Waals surface area contributed by atoms with Crippen LogP contribution in [0.4, 0.5) is 10.1 Å². The van der Waals surface area contributed by atoms with Crippen LogP contribution in [0.25, 0.3) is 22.0 Å². The molecule has 30 heavy (non-hydrogen) atoms. The van der Waals surface area contributed by atoms with E-state index in [1.54, 1.807) is 30.3 Å². The van der Waals surface area contributed by atoms with Gasteiger partial charge in [-0.2, -0.15) is 5.10 Å². The van der Waals surface area contributed by atoms with E-state index in [0.29, 0.717) is 28.5 Å². The number of hydrogen-bond donors (Lipinski definition) is 2. The Kier molecular flexibility index (Phi) is 6.18. The van der Waals surface area contributed by atoms with E-state index >= 15 is 0 Å². The minimum atomic E-state index is -0.502. The third-order valence-corrected chi connectivity index (χ3v) is 5.54. The summed E-state index contributed by atoms with van der Waals surface area (Å²) in [6, 6.07) is 11.6. The highest BCUT2D eigenvalue weighted by Crippen LogP contribution is 2.28. The van der Waals surface area contributed by atoms with Crippen molar-refractivity contribution in [1.29, 1.82) is 0 Å². The number of carbonyl (C=O) groups excluding carboxylic acids is 1. The van der Waals surface area contributed by atoms with Gasteiger partial charge in [0.25, 0.3) is 5.56 Å². The number of amides is 1. The monoisotopic (exact) mass is 408 g/mol. The Labute approximate surface area is 174 Å². The van der Waals surface area contributed by atoms with E-state index in [2.05, 4.69) is 20.4 Å². The van der Waals surface area contributed by atoms with Gasteiger partial charge in [0.2, 0.25) is 5.91 Å². The zero-order chi connectivity index (χ0) is 20.9. The van der Waals surface area contributed by atoms with Crippen molar-refractivity contribution in [2.24, 2.45) is 0 Å². The molecule has 0 radical (unpaired) electrons. The Balaban J connectivity index is 1.45. The molecule has 6 nitrogen and oxygen atoms in total. The van der Waals surface area contributed by atoms with Crippen LogP contribution in [-0.4, -0.2) is 40.6 Å². The number of benzene rings is 2. The predicted octanol–water partition coefficient (Wildman–Crippen LogP) is 3.93. The molecule has 1 amide bonds. The standard InChI is InChI=1S/C23H25FN4O2/c24-19-11-10-16(22-17-7-1-2-8-18(17)23(30)27-26-22)15-20(19)25-21(29)9-3-4-12-28-13-5-6-14-28/h1-2,7-8,10-11,15H,3-6,9,12-14H2,(H,25,29)(H,27,30). The lowest BCUT2D eigenvalue weighted by Crippen LogP contribution is -2.21. The van der Waals surface area contributed by atoms with Crippen molar-refractivity contribution in [1.82, 2.24) is 15.1 Å². The lowest BCUT2D eigenvalue weighted by molar-refractivity contribution is -0.116. The molecule has 0 spiro atoms. The number of carbonyl (C=O) groups is 1. The molecule has 0 bridgehead atoms. The van der Waals surface area contributed by atoms with Crippen molar-refractivity contribution in [2.75, 3.05) is 25.0 Å². The van der Waals surface area contributed by atoms with Gasteiger partial charge in [0.05, 0.1) is 16.8 Å². The number of anilines is 1. The highest BCUT2D eigenvalue weighted by atomic mass is 19.1. The summed E-state index contributed by atoms with van der Waals surface area (Å²) in [5.41, 5.74) is 0.993. The van der Waals surface area contributed by atoms with E-state index < -0.39 is 5.82 Å². The van der Waals surface area contributed by atoms with Gasteiger partial charge in [-0.15, -0.1) is 0 Å². The van der Waals surface area contributed by atoms with Gasteiger partial charge < -0.3 is 10.2 Å². The van der Waals surface area contributed by atoms with Crippen molar-refractivity contribution in [3.05, 3.63) is 58.6 Å². The van der Waals surface area contributed by atoms with E-state index in [1.807, 2.05) is 6.07 Å². The zero-order valence-corrected chi connectivity index (χ0v) is 16.8. The molecule has 1 saturated heterocycles. The molecular weight excluding hydrogens is 383 g/mol. The summed E-state index contributed by atoms with van der Waals surface area (Å²) < 4.78 is 14.3. The fourth-order valence-electron chi connectivity index (χ4n) is 3.94. The average Bonchev–Trinajstić information content (AvgIpc) is 3.27. The predicted molar refractivity (Wildman–Crippen MR) is 116 cm³/mol. The van der Waals surface area contributed by atoms with Gasteiger partial charge in [0.1, 0.15) is 5.82 Å². The fraction of sp³-hybridized carbons (Fsp3) is 0.348. The van der Waals surface area contributed by atoms with Crippen LogP contribution in [0.2, 0.25) is 0 Å². The van der Waals surface area contributed by atoms with E-state index in [4.69, 9.17) is 0 Å². The maximum Gasteiger partial charge on any atom is 0.272 e. The van der Waals surface area contributed by atoms with E-state index in [0.717, 1.165) is 32.5 Å². The van der Waals surface area contributed by atoms with Crippen molar-refractivity contribution in [3.8, 4) is 11.3 Å². The Bertz CT molecular complexity index is 1110. The summed E-state index contributed by atoms with van der Waals surface area (Å²) in [6.07, 6.45) is 4.61. The molecule has 2 heterocycles. The summed E-state index contributed by atoms with van der Waals surface area (Å²) in [5, 5.41) is 10.5. The molecule has 2 N–H and O–H groups in total. The van der Waals surface area contributed by atoms with Gasteiger partial charge >= 0.3 is 0 Å². The number of unbranched alkanes of at least 4 members (excludes halogenated alkanes) is 1. The van der Waals surface area contributed by atoms with Crippen LogP contribution >= 0.6 is 0 Å². The second-order valence-corrected chi connectivity index (χ2v) is 7.70. The Morgan fingerprint density at radius 1 is 1.10 bits per heavy atom. The Morgan fingerprint density at radius 3 is 2.67 bits per heavy atom. The van der Waals surface area contributed by atoms with Crippen molar-refractivity contribution in [2.45, 2.75) is 32.1 Å². The van der Waals surface area contributed by atoms with Gasteiger partial charge in [0.15, 0.2) is 0 Å². The highest BCUT2D eigenvalue weighted by molar-refractivity contribution is 5.95. The van der Waals surface area contributed by atoms with E-state index in [1.165, 1.54) is 18.9 Å². The molecule has 0 saturated carbocycles.